The molecule has 0 aliphatic heterocycles. The van der Waals surface area contributed by atoms with Gasteiger partial charge in [-0.25, -0.2) is 4.79 Å². The van der Waals surface area contributed by atoms with E-state index in [1.807, 2.05) is 13.8 Å². The van der Waals surface area contributed by atoms with Crippen LogP contribution in [0.2, 0.25) is 0 Å². The molecule has 0 aliphatic rings. The van der Waals surface area contributed by atoms with E-state index in [-0.39, 0.29) is 17.9 Å². The van der Waals surface area contributed by atoms with Crippen molar-refractivity contribution < 1.29 is 24.2 Å². The topological polar surface area (TPSA) is 84.9 Å². The molecular weight excluding hydrogens is 322 g/mol. The van der Waals surface area contributed by atoms with Gasteiger partial charge in [0.25, 0.3) is 0 Å². The summed E-state index contributed by atoms with van der Waals surface area (Å²) in [6.07, 6.45) is 0.0611. The van der Waals surface area contributed by atoms with Crippen LogP contribution in [-0.2, 0) is 11.2 Å². The lowest BCUT2D eigenvalue weighted by molar-refractivity contribution is -0.115. The van der Waals surface area contributed by atoms with Crippen molar-refractivity contribution in [3.05, 3.63) is 53.6 Å². The first-order valence-corrected chi connectivity index (χ1v) is 8.05. The number of rotatable bonds is 8. The average Bonchev–Trinajstić information content (AvgIpc) is 2.57. The maximum Gasteiger partial charge on any atom is 0.335 e. The lowest BCUT2D eigenvalue weighted by atomic mass is 10.1. The minimum absolute atomic E-state index is 0.0611. The molecule has 1 amide bonds. The normalized spacial score (nSPS) is 10.2. The summed E-state index contributed by atoms with van der Waals surface area (Å²) >= 11 is 0. The molecule has 0 radical (unpaired) electrons. The zero-order chi connectivity index (χ0) is 18.2. The lowest BCUT2D eigenvalue weighted by Gasteiger charge is -2.13. The van der Waals surface area contributed by atoms with E-state index in [1.54, 1.807) is 30.3 Å². The molecule has 0 heterocycles. The molecule has 132 valence electrons. The Kier molecular flexibility index (Phi) is 6.39. The molecule has 0 atom stereocenters. The summed E-state index contributed by atoms with van der Waals surface area (Å²) in [5.41, 5.74) is 1.29. The summed E-state index contributed by atoms with van der Waals surface area (Å²) in [4.78, 5) is 23.3. The standard InChI is InChI=1S/C19H21NO5/c1-3-24-15-8-9-17(25-4-2)16(12-15)20-18(21)11-13-6-5-7-14(10-13)19(22)23/h5-10,12H,3-4,11H2,1-2H3,(H,20,21)(H,22,23). The van der Waals surface area contributed by atoms with Crippen LogP contribution in [0.25, 0.3) is 0 Å². The first-order valence-electron chi connectivity index (χ1n) is 8.05. The minimum atomic E-state index is -1.02. The van der Waals surface area contributed by atoms with Crippen LogP contribution in [0.15, 0.2) is 42.5 Å². The number of hydrogen-bond donors (Lipinski definition) is 2. The van der Waals surface area contributed by atoms with Gasteiger partial charge in [0.1, 0.15) is 11.5 Å². The number of carbonyl (C=O) groups excluding carboxylic acids is 1. The Morgan fingerprint density at radius 3 is 2.48 bits per heavy atom. The van der Waals surface area contributed by atoms with E-state index in [2.05, 4.69) is 5.32 Å². The van der Waals surface area contributed by atoms with Crippen molar-refractivity contribution >= 4 is 17.6 Å². The molecule has 2 rings (SSSR count). The molecule has 2 N–H and O–H groups in total. The van der Waals surface area contributed by atoms with Gasteiger partial charge in [0, 0.05) is 6.07 Å². The van der Waals surface area contributed by atoms with Gasteiger partial charge in [0.2, 0.25) is 5.91 Å². The van der Waals surface area contributed by atoms with E-state index in [0.29, 0.717) is 36.0 Å². The quantitative estimate of drug-likeness (QED) is 0.768. The lowest BCUT2D eigenvalue weighted by Crippen LogP contribution is -2.15. The molecule has 2 aromatic rings. The van der Waals surface area contributed by atoms with E-state index < -0.39 is 5.97 Å². The summed E-state index contributed by atoms with van der Waals surface area (Å²) in [5, 5.41) is 11.8. The minimum Gasteiger partial charge on any atom is -0.494 e. The summed E-state index contributed by atoms with van der Waals surface area (Å²) in [5.74, 6) is -0.102. The molecule has 0 spiro atoms. The Morgan fingerprint density at radius 1 is 1.04 bits per heavy atom. The van der Waals surface area contributed by atoms with Gasteiger partial charge in [-0.3, -0.25) is 4.79 Å². The Morgan fingerprint density at radius 2 is 1.80 bits per heavy atom. The molecule has 6 heteroatoms. The molecule has 0 bridgehead atoms. The van der Waals surface area contributed by atoms with Gasteiger partial charge in [0.15, 0.2) is 0 Å². The smallest absolute Gasteiger partial charge is 0.335 e. The van der Waals surface area contributed by atoms with Crippen LogP contribution in [0.5, 0.6) is 11.5 Å². The van der Waals surface area contributed by atoms with Crippen LogP contribution in [0.4, 0.5) is 5.69 Å². The highest BCUT2D eigenvalue weighted by Crippen LogP contribution is 2.29. The molecule has 25 heavy (non-hydrogen) atoms. The highest BCUT2D eigenvalue weighted by atomic mass is 16.5. The molecule has 0 unspecified atom stereocenters. The van der Waals surface area contributed by atoms with E-state index >= 15 is 0 Å². The van der Waals surface area contributed by atoms with Gasteiger partial charge in [-0.1, -0.05) is 12.1 Å². The third-order valence-corrected chi connectivity index (χ3v) is 3.37. The van der Waals surface area contributed by atoms with Crippen molar-refractivity contribution in [3.8, 4) is 11.5 Å². The van der Waals surface area contributed by atoms with Gasteiger partial charge in [0.05, 0.1) is 30.9 Å². The average molecular weight is 343 g/mol. The van der Waals surface area contributed by atoms with E-state index in [1.165, 1.54) is 12.1 Å². The fourth-order valence-electron chi connectivity index (χ4n) is 2.34. The Balaban J connectivity index is 2.14. The molecule has 0 aromatic heterocycles. The van der Waals surface area contributed by atoms with Crippen LogP contribution in [0.3, 0.4) is 0 Å². The molecular formula is C19H21NO5. The molecule has 0 saturated carbocycles. The fraction of sp³-hybridized carbons (Fsp3) is 0.263. The highest BCUT2D eigenvalue weighted by Gasteiger charge is 2.11. The highest BCUT2D eigenvalue weighted by molar-refractivity contribution is 5.94. The van der Waals surface area contributed by atoms with Crippen molar-refractivity contribution in [1.29, 1.82) is 0 Å². The Labute approximate surface area is 146 Å². The van der Waals surface area contributed by atoms with Crippen LogP contribution in [0, 0.1) is 0 Å². The Hall–Kier alpha value is -3.02. The second-order valence-corrected chi connectivity index (χ2v) is 5.25. The predicted octanol–water partition coefficient (Wildman–Crippen LogP) is 3.36. The number of carboxylic acids is 1. The van der Waals surface area contributed by atoms with Crippen molar-refractivity contribution in [2.24, 2.45) is 0 Å². The van der Waals surface area contributed by atoms with Crippen molar-refractivity contribution in [2.45, 2.75) is 20.3 Å². The molecule has 6 nitrogen and oxygen atoms in total. The summed E-state index contributed by atoms with van der Waals surface area (Å²) in [7, 11) is 0. The molecule has 2 aromatic carbocycles. The van der Waals surface area contributed by atoms with Crippen molar-refractivity contribution in [1.82, 2.24) is 0 Å². The largest absolute Gasteiger partial charge is 0.494 e. The number of nitrogens with one attached hydrogen (secondary N) is 1. The second-order valence-electron chi connectivity index (χ2n) is 5.25. The van der Waals surface area contributed by atoms with Gasteiger partial charge in [-0.2, -0.15) is 0 Å². The van der Waals surface area contributed by atoms with Gasteiger partial charge < -0.3 is 19.9 Å². The third-order valence-electron chi connectivity index (χ3n) is 3.37. The first-order chi connectivity index (χ1) is 12.0. The molecule has 0 saturated heterocycles. The monoisotopic (exact) mass is 343 g/mol. The summed E-state index contributed by atoms with van der Waals surface area (Å²) < 4.78 is 11.0. The molecule has 0 fully saturated rings. The van der Waals surface area contributed by atoms with Crippen LogP contribution in [0.1, 0.15) is 29.8 Å². The number of amides is 1. The maximum atomic E-state index is 12.3. The number of hydrogen-bond acceptors (Lipinski definition) is 4. The fourth-order valence-corrected chi connectivity index (χ4v) is 2.34. The van der Waals surface area contributed by atoms with Crippen LogP contribution >= 0.6 is 0 Å². The van der Waals surface area contributed by atoms with Crippen LogP contribution < -0.4 is 14.8 Å². The number of carbonyl (C=O) groups is 2. The second kappa shape index (κ2) is 8.73. The van der Waals surface area contributed by atoms with E-state index in [9.17, 15) is 9.59 Å². The number of anilines is 1. The van der Waals surface area contributed by atoms with Crippen molar-refractivity contribution in [3.63, 3.8) is 0 Å². The van der Waals surface area contributed by atoms with E-state index in [0.717, 1.165) is 0 Å². The number of ether oxygens (including phenoxy) is 2. The zero-order valence-electron chi connectivity index (χ0n) is 14.2. The summed E-state index contributed by atoms with van der Waals surface area (Å²) in [6.45, 7) is 4.73. The number of aromatic carboxylic acids is 1. The zero-order valence-corrected chi connectivity index (χ0v) is 14.2. The van der Waals surface area contributed by atoms with Gasteiger partial charge in [-0.05, 0) is 43.7 Å². The van der Waals surface area contributed by atoms with Gasteiger partial charge >= 0.3 is 5.97 Å². The van der Waals surface area contributed by atoms with Gasteiger partial charge in [-0.15, -0.1) is 0 Å². The predicted molar refractivity (Wildman–Crippen MR) is 94.5 cm³/mol. The Bertz CT molecular complexity index is 757. The number of carboxylic acid groups (broad SMARTS) is 1. The SMILES string of the molecule is CCOc1ccc(OCC)c(NC(=O)Cc2cccc(C(=O)O)c2)c1. The van der Waals surface area contributed by atoms with Crippen LogP contribution in [-0.4, -0.2) is 30.2 Å². The number of benzene rings is 2. The maximum absolute atomic E-state index is 12.3. The van der Waals surface area contributed by atoms with Crippen molar-refractivity contribution in [2.75, 3.05) is 18.5 Å². The summed E-state index contributed by atoms with van der Waals surface area (Å²) in [6, 6.07) is 11.5. The third kappa shape index (κ3) is 5.24. The van der Waals surface area contributed by atoms with E-state index in [4.69, 9.17) is 14.6 Å². The molecule has 0 aliphatic carbocycles. The first kappa shape index (κ1) is 18.3.